The molecule has 47 heavy (non-hydrogen) atoms. The summed E-state index contributed by atoms with van der Waals surface area (Å²) in [5, 5.41) is 0. The van der Waals surface area contributed by atoms with Gasteiger partial charge in [-0.2, -0.15) is 0 Å². The van der Waals surface area contributed by atoms with Crippen molar-refractivity contribution in [1.29, 1.82) is 0 Å². The molecule has 0 radical (unpaired) electrons. The van der Waals surface area contributed by atoms with Crippen molar-refractivity contribution in [3.63, 3.8) is 0 Å². The SMILES string of the molecule is CC1(C)c2cc(Br)c(-c3ccc(N(c4ccc(-c5ccccc5)cc4)c4ccc(-c5ccccc5)cc4)cc3)cc2C(C)(C)C1(C)C. The molecule has 0 bridgehead atoms. The minimum atomic E-state index is 0.0514. The Balaban J connectivity index is 1.28. The van der Waals surface area contributed by atoms with Gasteiger partial charge in [0.05, 0.1) is 0 Å². The summed E-state index contributed by atoms with van der Waals surface area (Å²) >= 11 is 3.98. The van der Waals surface area contributed by atoms with Crippen molar-refractivity contribution in [3.05, 3.63) is 161 Å². The molecule has 0 aromatic heterocycles. The zero-order chi connectivity index (χ0) is 33.0. The van der Waals surface area contributed by atoms with E-state index in [9.17, 15) is 0 Å². The first kappa shape index (κ1) is 31.2. The van der Waals surface area contributed by atoms with Crippen LogP contribution in [0.5, 0.6) is 0 Å². The zero-order valence-corrected chi connectivity index (χ0v) is 29.8. The fraction of sp³-hybridized carbons (Fsp3) is 0.200. The van der Waals surface area contributed by atoms with E-state index < -0.39 is 0 Å². The Morgan fingerprint density at radius 2 is 0.745 bits per heavy atom. The minimum absolute atomic E-state index is 0.0514. The molecule has 1 nitrogen and oxygen atoms in total. The third-order valence-electron chi connectivity index (χ3n) is 11.5. The van der Waals surface area contributed by atoms with Gasteiger partial charge in [-0.15, -0.1) is 0 Å². The van der Waals surface area contributed by atoms with Crippen molar-refractivity contribution in [2.24, 2.45) is 5.41 Å². The van der Waals surface area contributed by atoms with Crippen molar-refractivity contribution in [2.45, 2.75) is 52.4 Å². The van der Waals surface area contributed by atoms with Crippen molar-refractivity contribution in [3.8, 4) is 33.4 Å². The summed E-state index contributed by atoms with van der Waals surface area (Å²) in [5.74, 6) is 0. The second-order valence-corrected chi connectivity index (χ2v) is 15.3. The van der Waals surface area contributed by atoms with Gasteiger partial charge in [0.2, 0.25) is 0 Å². The molecular weight excluding hydrogens is 634 g/mol. The van der Waals surface area contributed by atoms with E-state index in [-0.39, 0.29) is 16.2 Å². The highest BCUT2D eigenvalue weighted by Gasteiger charge is 2.56. The van der Waals surface area contributed by atoms with Crippen molar-refractivity contribution in [1.82, 2.24) is 0 Å². The summed E-state index contributed by atoms with van der Waals surface area (Å²) in [6.45, 7) is 14.5. The largest absolute Gasteiger partial charge is 0.311 e. The third-order valence-corrected chi connectivity index (χ3v) is 12.1. The number of benzene rings is 6. The normalized spacial score (nSPS) is 15.6. The van der Waals surface area contributed by atoms with Crippen LogP contribution in [0, 0.1) is 5.41 Å². The standard InChI is InChI=1S/C45H42BrN/c1-43(2)40-29-39(42(46)30-41(40)44(3,4)45(43,5)6)35-21-27-38(28-22-35)47(36-23-17-33(18-24-36)31-13-9-7-10-14-31)37-25-19-34(20-26-37)32-15-11-8-12-16-32/h7-30H,1-6H3. The van der Waals surface area contributed by atoms with Crippen LogP contribution in [0.2, 0.25) is 0 Å². The Morgan fingerprint density at radius 1 is 0.404 bits per heavy atom. The van der Waals surface area contributed by atoms with Crippen LogP contribution in [0.25, 0.3) is 33.4 Å². The van der Waals surface area contributed by atoms with Gasteiger partial charge in [-0.05, 0) is 109 Å². The number of hydrogen-bond donors (Lipinski definition) is 0. The fourth-order valence-corrected chi connectivity index (χ4v) is 7.96. The summed E-state index contributed by atoms with van der Waals surface area (Å²) in [7, 11) is 0. The number of nitrogens with zero attached hydrogens (tertiary/aromatic N) is 1. The average Bonchev–Trinajstić information content (AvgIpc) is 3.19. The summed E-state index contributed by atoms with van der Waals surface area (Å²) < 4.78 is 1.15. The first-order valence-electron chi connectivity index (χ1n) is 16.5. The molecule has 234 valence electrons. The molecule has 0 saturated carbocycles. The molecule has 0 spiro atoms. The van der Waals surface area contributed by atoms with E-state index in [1.54, 1.807) is 0 Å². The molecule has 0 heterocycles. The van der Waals surface area contributed by atoms with E-state index in [0.29, 0.717) is 0 Å². The highest BCUT2D eigenvalue weighted by atomic mass is 79.9. The van der Waals surface area contributed by atoms with Gasteiger partial charge in [0.25, 0.3) is 0 Å². The lowest BCUT2D eigenvalue weighted by Gasteiger charge is -2.44. The molecule has 6 aromatic rings. The monoisotopic (exact) mass is 675 g/mol. The lowest BCUT2D eigenvalue weighted by atomic mass is 9.59. The molecular formula is C45H42BrN. The van der Waals surface area contributed by atoms with Gasteiger partial charge in [-0.25, -0.2) is 0 Å². The maximum atomic E-state index is 3.98. The molecule has 0 aliphatic heterocycles. The number of fused-ring (bicyclic) bond motifs is 1. The van der Waals surface area contributed by atoms with Crippen LogP contribution in [0.3, 0.4) is 0 Å². The van der Waals surface area contributed by atoms with Crippen LogP contribution in [-0.4, -0.2) is 0 Å². The van der Waals surface area contributed by atoms with Crippen LogP contribution in [0.4, 0.5) is 17.1 Å². The first-order chi connectivity index (χ1) is 22.5. The molecule has 1 aliphatic carbocycles. The van der Waals surface area contributed by atoms with E-state index in [2.05, 4.69) is 208 Å². The lowest BCUT2D eigenvalue weighted by molar-refractivity contribution is 0.125. The molecule has 0 unspecified atom stereocenters. The van der Waals surface area contributed by atoms with Gasteiger partial charge in [-0.3, -0.25) is 0 Å². The number of rotatable bonds is 6. The van der Waals surface area contributed by atoms with Gasteiger partial charge in [0.1, 0.15) is 0 Å². The van der Waals surface area contributed by atoms with Crippen molar-refractivity contribution in [2.75, 3.05) is 4.90 Å². The quantitative estimate of drug-likeness (QED) is 0.170. The van der Waals surface area contributed by atoms with Gasteiger partial charge in [0, 0.05) is 21.5 Å². The predicted octanol–water partition coefficient (Wildman–Crippen LogP) is 13.5. The average molecular weight is 677 g/mol. The number of anilines is 3. The second kappa shape index (κ2) is 11.7. The second-order valence-electron chi connectivity index (χ2n) is 14.5. The van der Waals surface area contributed by atoms with E-state index in [4.69, 9.17) is 0 Å². The van der Waals surface area contributed by atoms with Crippen LogP contribution in [0.15, 0.2) is 150 Å². The van der Waals surface area contributed by atoms with Crippen molar-refractivity contribution < 1.29 is 0 Å². The molecule has 6 aromatic carbocycles. The fourth-order valence-electron chi connectivity index (χ4n) is 7.39. The van der Waals surface area contributed by atoms with Gasteiger partial charge in [-0.1, -0.05) is 155 Å². The highest BCUT2D eigenvalue weighted by Crippen LogP contribution is 2.62. The minimum Gasteiger partial charge on any atom is -0.311 e. The maximum absolute atomic E-state index is 3.98. The van der Waals surface area contributed by atoms with E-state index >= 15 is 0 Å². The van der Waals surface area contributed by atoms with Gasteiger partial charge in [0.15, 0.2) is 0 Å². The van der Waals surface area contributed by atoms with Gasteiger partial charge >= 0.3 is 0 Å². The Labute approximate surface area is 289 Å². The highest BCUT2D eigenvalue weighted by molar-refractivity contribution is 9.10. The number of halogens is 1. The first-order valence-corrected chi connectivity index (χ1v) is 17.3. The Hall–Kier alpha value is -4.40. The molecule has 1 aliphatic rings. The Kier molecular flexibility index (Phi) is 7.76. The smallest absolute Gasteiger partial charge is 0.0462 e. The van der Waals surface area contributed by atoms with Crippen LogP contribution in [-0.2, 0) is 10.8 Å². The summed E-state index contributed by atoms with van der Waals surface area (Å²) in [5.41, 5.74) is 13.8. The molecule has 0 atom stereocenters. The van der Waals surface area contributed by atoms with E-state index in [1.807, 2.05) is 0 Å². The summed E-state index contributed by atoms with van der Waals surface area (Å²) in [4.78, 5) is 2.35. The summed E-state index contributed by atoms with van der Waals surface area (Å²) in [6, 6.07) is 52.8. The van der Waals surface area contributed by atoms with Gasteiger partial charge < -0.3 is 4.90 Å². The Morgan fingerprint density at radius 3 is 1.15 bits per heavy atom. The van der Waals surface area contributed by atoms with E-state index in [0.717, 1.165) is 21.5 Å². The topological polar surface area (TPSA) is 3.24 Å². The molecule has 7 rings (SSSR count). The lowest BCUT2D eigenvalue weighted by Crippen LogP contribution is -2.42. The summed E-state index contributed by atoms with van der Waals surface area (Å²) in [6.07, 6.45) is 0. The van der Waals surface area contributed by atoms with Crippen LogP contribution >= 0.6 is 15.9 Å². The Bertz CT molecular complexity index is 1940. The zero-order valence-electron chi connectivity index (χ0n) is 28.2. The van der Waals surface area contributed by atoms with Crippen LogP contribution in [0.1, 0.15) is 52.7 Å². The van der Waals surface area contributed by atoms with Crippen LogP contribution < -0.4 is 4.90 Å². The molecule has 0 amide bonds. The number of hydrogen-bond acceptors (Lipinski definition) is 1. The molecule has 0 fully saturated rings. The predicted molar refractivity (Wildman–Crippen MR) is 205 cm³/mol. The molecule has 0 N–H and O–H groups in total. The third kappa shape index (κ3) is 5.24. The van der Waals surface area contributed by atoms with Crippen molar-refractivity contribution >= 4 is 33.0 Å². The molecule has 0 saturated heterocycles. The van der Waals surface area contributed by atoms with E-state index in [1.165, 1.54) is 44.5 Å². The maximum Gasteiger partial charge on any atom is 0.0462 e. The molecule has 2 heteroatoms.